The number of nitrogens with zero attached hydrogens (tertiary/aromatic N) is 1. The topological polar surface area (TPSA) is 23.8 Å². The second-order valence-corrected chi connectivity index (χ2v) is 7.73. The second kappa shape index (κ2) is 3.93. The lowest BCUT2D eigenvalue weighted by Gasteiger charge is -2.01. The maximum absolute atomic E-state index is 8.10. The number of hydrogen-bond donors (Lipinski definition) is 0. The fourth-order valence-corrected chi connectivity index (χ4v) is 0.853. The van der Waals surface area contributed by atoms with Crippen molar-refractivity contribution in [3.05, 3.63) is 12.2 Å². The molecule has 0 saturated heterocycles. The van der Waals surface area contributed by atoms with Crippen molar-refractivity contribution in [1.29, 1.82) is 5.26 Å². The Morgan fingerprint density at radius 2 is 1.80 bits per heavy atom. The zero-order valence-corrected chi connectivity index (χ0v) is 7.60. The summed E-state index contributed by atoms with van der Waals surface area (Å²) in [6, 6.07) is 1.89. The maximum Gasteiger partial charge on any atom is 0.129 e. The molecule has 0 bridgehead atoms. The highest BCUT2D eigenvalue weighted by Crippen LogP contribution is 1.95. The molecule has 2 heteroatoms. The van der Waals surface area contributed by atoms with E-state index in [4.69, 9.17) is 5.26 Å². The highest BCUT2D eigenvalue weighted by atomic mass is 28.3. The Kier molecular flexibility index (Phi) is 3.54. The minimum atomic E-state index is -1.23. The van der Waals surface area contributed by atoms with Crippen LogP contribution in [0.15, 0.2) is 12.2 Å². The molecular formula is C8H11NSi. The second-order valence-electron chi connectivity index (χ2n) is 2.98. The molecule has 0 N–H and O–H groups in total. The fraction of sp³-hybridized carbons (Fsp3) is 0.375. The van der Waals surface area contributed by atoms with E-state index in [0.29, 0.717) is 0 Å². The first-order valence-electron chi connectivity index (χ1n) is 3.13. The minimum Gasteiger partial charge on any atom is -0.193 e. The SMILES string of the molecule is C[Si](C)(C)C#C/C=C\C#N. The van der Waals surface area contributed by atoms with Crippen LogP contribution < -0.4 is 0 Å². The van der Waals surface area contributed by atoms with Gasteiger partial charge in [0.15, 0.2) is 0 Å². The van der Waals surface area contributed by atoms with Crippen LogP contribution in [0, 0.1) is 22.8 Å². The third-order valence-corrected chi connectivity index (χ3v) is 1.58. The van der Waals surface area contributed by atoms with Crippen molar-refractivity contribution in [1.82, 2.24) is 0 Å². The molecule has 0 spiro atoms. The molecule has 0 aliphatic rings. The Morgan fingerprint density at radius 3 is 2.20 bits per heavy atom. The van der Waals surface area contributed by atoms with Gasteiger partial charge in [-0.05, 0) is 6.08 Å². The van der Waals surface area contributed by atoms with E-state index in [1.807, 2.05) is 6.07 Å². The average Bonchev–Trinajstić information content (AvgIpc) is 1.78. The number of nitriles is 1. The van der Waals surface area contributed by atoms with Gasteiger partial charge in [0.05, 0.1) is 6.07 Å². The Bertz CT molecular complexity index is 216. The van der Waals surface area contributed by atoms with Gasteiger partial charge in [-0.15, -0.1) is 5.54 Å². The van der Waals surface area contributed by atoms with E-state index in [-0.39, 0.29) is 0 Å². The minimum absolute atomic E-state index is 1.23. The van der Waals surface area contributed by atoms with Crippen molar-refractivity contribution in [2.24, 2.45) is 0 Å². The highest BCUT2D eigenvalue weighted by molar-refractivity contribution is 6.83. The fourth-order valence-electron chi connectivity index (χ4n) is 0.337. The molecule has 0 aromatic heterocycles. The lowest BCUT2D eigenvalue weighted by Crippen LogP contribution is -2.16. The summed E-state index contributed by atoms with van der Waals surface area (Å²) < 4.78 is 0. The standard InChI is InChI=1S/C8H11NSi/c1-10(2,3)8-6-4-5-7-9/h4-5H,1-3H3/b5-4-. The largest absolute Gasteiger partial charge is 0.193 e. The van der Waals surface area contributed by atoms with Crippen LogP contribution in [0.5, 0.6) is 0 Å². The zero-order valence-electron chi connectivity index (χ0n) is 6.60. The van der Waals surface area contributed by atoms with Crippen LogP contribution in [-0.2, 0) is 0 Å². The predicted molar refractivity (Wildman–Crippen MR) is 45.9 cm³/mol. The molecule has 0 heterocycles. The van der Waals surface area contributed by atoms with Crippen molar-refractivity contribution in [2.45, 2.75) is 19.6 Å². The Hall–Kier alpha value is -0.993. The number of allylic oxidation sites excluding steroid dienone is 2. The van der Waals surface area contributed by atoms with Crippen LogP contribution >= 0.6 is 0 Å². The first kappa shape index (κ1) is 9.01. The summed E-state index contributed by atoms with van der Waals surface area (Å²) >= 11 is 0. The molecule has 0 aromatic rings. The average molecular weight is 149 g/mol. The molecule has 1 nitrogen and oxygen atoms in total. The molecule has 0 aromatic carbocycles. The van der Waals surface area contributed by atoms with E-state index in [2.05, 4.69) is 31.1 Å². The van der Waals surface area contributed by atoms with Gasteiger partial charge >= 0.3 is 0 Å². The third kappa shape index (κ3) is 7.01. The van der Waals surface area contributed by atoms with Crippen molar-refractivity contribution in [2.75, 3.05) is 0 Å². The van der Waals surface area contributed by atoms with Crippen LogP contribution in [0.4, 0.5) is 0 Å². The molecule has 0 aliphatic carbocycles. The van der Waals surface area contributed by atoms with Gasteiger partial charge in [0, 0.05) is 6.08 Å². The Labute approximate surface area is 63.4 Å². The van der Waals surface area contributed by atoms with Crippen LogP contribution in [0.1, 0.15) is 0 Å². The molecule has 52 valence electrons. The van der Waals surface area contributed by atoms with Crippen LogP contribution in [-0.4, -0.2) is 8.07 Å². The lowest BCUT2D eigenvalue weighted by molar-refractivity contribution is 1.53. The smallest absolute Gasteiger partial charge is 0.129 e. The Morgan fingerprint density at radius 1 is 1.20 bits per heavy atom. The first-order chi connectivity index (χ1) is 4.56. The molecule has 0 unspecified atom stereocenters. The van der Waals surface area contributed by atoms with Gasteiger partial charge < -0.3 is 0 Å². The summed E-state index contributed by atoms with van der Waals surface area (Å²) in [5.41, 5.74) is 3.11. The van der Waals surface area contributed by atoms with Crippen molar-refractivity contribution in [3.8, 4) is 17.5 Å². The van der Waals surface area contributed by atoms with Gasteiger partial charge in [-0.25, -0.2) is 0 Å². The summed E-state index contributed by atoms with van der Waals surface area (Å²) in [7, 11) is -1.23. The van der Waals surface area contributed by atoms with E-state index in [0.717, 1.165) is 0 Å². The quantitative estimate of drug-likeness (QED) is 0.293. The monoisotopic (exact) mass is 149 g/mol. The normalized spacial score (nSPS) is 10.2. The van der Waals surface area contributed by atoms with Crippen LogP contribution in [0.3, 0.4) is 0 Å². The molecule has 0 amide bonds. The molecule has 0 saturated carbocycles. The van der Waals surface area contributed by atoms with Crippen molar-refractivity contribution in [3.63, 3.8) is 0 Å². The first-order valence-corrected chi connectivity index (χ1v) is 6.63. The van der Waals surface area contributed by atoms with Gasteiger partial charge in [0.1, 0.15) is 8.07 Å². The van der Waals surface area contributed by atoms with Crippen molar-refractivity contribution < 1.29 is 0 Å². The maximum atomic E-state index is 8.10. The molecule has 0 rings (SSSR count). The molecular weight excluding hydrogens is 138 g/mol. The summed E-state index contributed by atoms with van der Waals surface area (Å²) in [6.45, 7) is 6.50. The van der Waals surface area contributed by atoms with Crippen LogP contribution in [0.2, 0.25) is 19.6 Å². The van der Waals surface area contributed by atoms with Gasteiger partial charge in [-0.1, -0.05) is 25.6 Å². The van der Waals surface area contributed by atoms with Crippen LogP contribution in [0.25, 0.3) is 0 Å². The summed E-state index contributed by atoms with van der Waals surface area (Å²) in [5.74, 6) is 2.83. The van der Waals surface area contributed by atoms with E-state index in [9.17, 15) is 0 Å². The molecule has 10 heavy (non-hydrogen) atoms. The lowest BCUT2D eigenvalue weighted by atomic mass is 10.5. The van der Waals surface area contributed by atoms with E-state index in [1.165, 1.54) is 6.08 Å². The van der Waals surface area contributed by atoms with Gasteiger partial charge in [-0.3, -0.25) is 0 Å². The molecule has 0 fully saturated rings. The number of rotatable bonds is 0. The van der Waals surface area contributed by atoms with E-state index >= 15 is 0 Å². The van der Waals surface area contributed by atoms with Gasteiger partial charge in [0.2, 0.25) is 0 Å². The third-order valence-electron chi connectivity index (χ3n) is 0.688. The van der Waals surface area contributed by atoms with Crippen molar-refractivity contribution >= 4 is 8.07 Å². The molecule has 0 atom stereocenters. The zero-order chi connectivity index (χ0) is 8.04. The predicted octanol–water partition coefficient (Wildman–Crippen LogP) is 1.95. The van der Waals surface area contributed by atoms with Gasteiger partial charge in [-0.2, -0.15) is 5.26 Å². The molecule has 0 radical (unpaired) electrons. The summed E-state index contributed by atoms with van der Waals surface area (Å²) in [5, 5.41) is 8.10. The highest BCUT2D eigenvalue weighted by Gasteiger charge is 2.06. The van der Waals surface area contributed by atoms with Gasteiger partial charge in [0.25, 0.3) is 0 Å². The van der Waals surface area contributed by atoms with E-state index < -0.39 is 8.07 Å². The summed E-state index contributed by atoms with van der Waals surface area (Å²) in [6.07, 6.45) is 2.99. The number of hydrogen-bond acceptors (Lipinski definition) is 1. The van der Waals surface area contributed by atoms with E-state index in [1.54, 1.807) is 6.08 Å². The molecule has 0 aliphatic heterocycles. The summed E-state index contributed by atoms with van der Waals surface area (Å²) in [4.78, 5) is 0. The Balaban J connectivity index is 3.97.